The Morgan fingerprint density at radius 3 is 2.25 bits per heavy atom. The molecule has 1 fully saturated rings. The summed E-state index contributed by atoms with van der Waals surface area (Å²) in [5.74, 6) is 1.46. The molecule has 1 aliphatic rings. The first kappa shape index (κ1) is 19.5. The van der Waals surface area contributed by atoms with E-state index in [0.29, 0.717) is 12.2 Å². The molecule has 4 heteroatoms. The first-order valence-electron chi connectivity index (χ1n) is 8.66. The lowest BCUT2D eigenvalue weighted by Crippen LogP contribution is -2.45. The van der Waals surface area contributed by atoms with Gasteiger partial charge < -0.3 is 9.47 Å². The molecule has 0 aromatic heterocycles. The van der Waals surface area contributed by atoms with Crippen LogP contribution in [0.25, 0.3) is 0 Å². The van der Waals surface area contributed by atoms with Crippen LogP contribution in [-0.2, 0) is 14.3 Å². The largest absolute Gasteiger partial charge is 0.380 e. The Hall–Kier alpha value is -0.840. The summed E-state index contributed by atoms with van der Waals surface area (Å²) < 4.78 is 11.5. The molecule has 0 saturated heterocycles. The Morgan fingerprint density at radius 1 is 1.17 bits per heavy atom. The maximum Gasteiger partial charge on any atom is 0.138 e. The molecule has 1 aliphatic carbocycles. The lowest BCUT2D eigenvalue weighted by molar-refractivity contribution is -0.128. The molecule has 3 nitrogen and oxygen atoms in total. The molecule has 0 aliphatic heterocycles. The van der Waals surface area contributed by atoms with Gasteiger partial charge in [0.25, 0.3) is 0 Å². The lowest BCUT2D eigenvalue weighted by atomic mass is 9.78. The molecular weight excluding hydrogens is 320 g/mol. The normalized spacial score (nSPS) is 17.5. The second kappa shape index (κ2) is 8.50. The fourth-order valence-corrected chi connectivity index (χ4v) is 4.24. The van der Waals surface area contributed by atoms with E-state index in [4.69, 9.17) is 9.47 Å². The number of ketones is 1. The van der Waals surface area contributed by atoms with Crippen LogP contribution in [0.1, 0.15) is 38.7 Å². The molecular formula is C20H30O3S. The van der Waals surface area contributed by atoms with Crippen molar-refractivity contribution < 1.29 is 14.3 Å². The molecule has 1 aromatic carbocycles. The van der Waals surface area contributed by atoms with Crippen molar-refractivity contribution in [3.63, 3.8) is 0 Å². The lowest BCUT2D eigenvalue weighted by Gasteiger charge is -2.39. The molecule has 134 valence electrons. The standard InChI is InChI=1S/C20H30O3S/c1-14-6-10-16(11-7-14)24-13-19(23-5)20(2,3)18(22-4)12-17(21)15-8-9-15/h6-7,10-11,15,18-19H,8-9,12-13H2,1-5H3. The highest BCUT2D eigenvalue weighted by Gasteiger charge is 2.41. The summed E-state index contributed by atoms with van der Waals surface area (Å²) in [6, 6.07) is 8.54. The minimum absolute atomic E-state index is 0.0146. The minimum atomic E-state index is -0.230. The van der Waals surface area contributed by atoms with Crippen LogP contribution in [0.2, 0.25) is 0 Å². The van der Waals surface area contributed by atoms with Crippen LogP contribution in [0.5, 0.6) is 0 Å². The number of methoxy groups -OCH3 is 2. The predicted molar refractivity (Wildman–Crippen MR) is 99.6 cm³/mol. The van der Waals surface area contributed by atoms with E-state index in [2.05, 4.69) is 45.0 Å². The summed E-state index contributed by atoms with van der Waals surface area (Å²) in [6.45, 7) is 6.38. The average molecular weight is 351 g/mol. The van der Waals surface area contributed by atoms with Gasteiger partial charge in [-0.05, 0) is 31.9 Å². The number of thioether (sulfide) groups is 1. The van der Waals surface area contributed by atoms with E-state index >= 15 is 0 Å². The number of benzene rings is 1. The summed E-state index contributed by atoms with van der Waals surface area (Å²) in [4.78, 5) is 13.5. The van der Waals surface area contributed by atoms with Crippen LogP contribution in [-0.4, -0.2) is 38.0 Å². The van der Waals surface area contributed by atoms with E-state index in [0.717, 1.165) is 18.6 Å². The third-order valence-electron chi connectivity index (χ3n) is 5.07. The molecule has 0 radical (unpaired) electrons. The molecule has 0 heterocycles. The van der Waals surface area contributed by atoms with Gasteiger partial charge in [0, 0.05) is 42.6 Å². The van der Waals surface area contributed by atoms with Crippen LogP contribution in [0.3, 0.4) is 0 Å². The number of Topliss-reactive ketones (excluding diaryl/α,β-unsaturated/α-hetero) is 1. The highest BCUT2D eigenvalue weighted by Crippen LogP contribution is 2.38. The van der Waals surface area contributed by atoms with E-state index in [1.165, 1.54) is 10.5 Å². The summed E-state index contributed by atoms with van der Waals surface area (Å²) in [5, 5.41) is 0. The maximum atomic E-state index is 12.2. The molecule has 0 N–H and O–H groups in total. The van der Waals surface area contributed by atoms with Gasteiger partial charge in [-0.25, -0.2) is 0 Å². The van der Waals surface area contributed by atoms with Gasteiger partial charge >= 0.3 is 0 Å². The smallest absolute Gasteiger partial charge is 0.138 e. The SMILES string of the molecule is COC(CSc1ccc(C)cc1)C(C)(C)C(CC(=O)C1CC1)OC. The summed E-state index contributed by atoms with van der Waals surface area (Å²) in [7, 11) is 3.45. The van der Waals surface area contributed by atoms with Gasteiger partial charge in [0.05, 0.1) is 12.2 Å². The van der Waals surface area contributed by atoms with Crippen molar-refractivity contribution in [3.05, 3.63) is 29.8 Å². The first-order chi connectivity index (χ1) is 11.4. The Labute approximate surface area is 150 Å². The molecule has 2 atom stereocenters. The third kappa shape index (κ3) is 5.08. The second-order valence-corrected chi connectivity index (χ2v) is 8.43. The van der Waals surface area contributed by atoms with Crippen molar-refractivity contribution in [1.82, 2.24) is 0 Å². The van der Waals surface area contributed by atoms with Crippen molar-refractivity contribution in [1.29, 1.82) is 0 Å². The van der Waals surface area contributed by atoms with Crippen molar-refractivity contribution in [2.75, 3.05) is 20.0 Å². The van der Waals surface area contributed by atoms with Crippen LogP contribution >= 0.6 is 11.8 Å². The predicted octanol–water partition coefficient (Wildman–Crippen LogP) is 4.51. The van der Waals surface area contributed by atoms with Gasteiger partial charge in [-0.15, -0.1) is 11.8 Å². The van der Waals surface area contributed by atoms with Gasteiger partial charge in [-0.3, -0.25) is 4.79 Å². The van der Waals surface area contributed by atoms with Gasteiger partial charge in [-0.2, -0.15) is 0 Å². The number of carbonyl (C=O) groups excluding carboxylic acids is 1. The van der Waals surface area contributed by atoms with Crippen molar-refractivity contribution in [2.45, 2.75) is 57.1 Å². The fraction of sp³-hybridized carbons (Fsp3) is 0.650. The number of ether oxygens (including phenoxy) is 2. The van der Waals surface area contributed by atoms with Crippen LogP contribution < -0.4 is 0 Å². The average Bonchev–Trinajstić information content (AvgIpc) is 3.39. The quantitative estimate of drug-likeness (QED) is 0.582. The van der Waals surface area contributed by atoms with Crippen molar-refractivity contribution in [2.24, 2.45) is 11.3 Å². The Bertz CT molecular complexity index is 534. The van der Waals surface area contributed by atoms with Crippen LogP contribution in [0.15, 0.2) is 29.2 Å². The molecule has 2 rings (SSSR count). The van der Waals surface area contributed by atoms with Gasteiger partial charge in [0.15, 0.2) is 0 Å². The van der Waals surface area contributed by atoms with Crippen LogP contribution in [0.4, 0.5) is 0 Å². The minimum Gasteiger partial charge on any atom is -0.380 e. The first-order valence-corrected chi connectivity index (χ1v) is 9.64. The number of rotatable bonds is 10. The zero-order chi connectivity index (χ0) is 17.7. The summed E-state index contributed by atoms with van der Waals surface area (Å²) >= 11 is 1.79. The topological polar surface area (TPSA) is 35.5 Å². The number of carbonyl (C=O) groups is 1. The van der Waals surface area contributed by atoms with E-state index in [9.17, 15) is 4.79 Å². The highest BCUT2D eigenvalue weighted by molar-refractivity contribution is 7.99. The Kier molecular flexibility index (Phi) is 6.90. The van der Waals surface area contributed by atoms with E-state index in [1.54, 1.807) is 26.0 Å². The zero-order valence-electron chi connectivity index (χ0n) is 15.5. The van der Waals surface area contributed by atoms with Crippen molar-refractivity contribution in [3.8, 4) is 0 Å². The molecule has 24 heavy (non-hydrogen) atoms. The molecule has 1 saturated carbocycles. The van der Waals surface area contributed by atoms with E-state index in [-0.39, 0.29) is 23.5 Å². The summed E-state index contributed by atoms with van der Waals surface area (Å²) in [6.07, 6.45) is 2.48. The van der Waals surface area contributed by atoms with E-state index in [1.807, 2.05) is 0 Å². The molecule has 2 unspecified atom stereocenters. The summed E-state index contributed by atoms with van der Waals surface area (Å²) in [5.41, 5.74) is 1.03. The van der Waals surface area contributed by atoms with Crippen molar-refractivity contribution >= 4 is 17.5 Å². The van der Waals surface area contributed by atoms with Gasteiger partial charge in [0.1, 0.15) is 5.78 Å². The number of hydrogen-bond acceptors (Lipinski definition) is 4. The van der Waals surface area contributed by atoms with E-state index < -0.39 is 0 Å². The molecule has 0 amide bonds. The molecule has 0 spiro atoms. The second-order valence-electron chi connectivity index (χ2n) is 7.34. The monoisotopic (exact) mass is 350 g/mol. The van der Waals surface area contributed by atoms with Crippen LogP contribution in [0, 0.1) is 18.3 Å². The van der Waals surface area contributed by atoms with Gasteiger partial charge in [-0.1, -0.05) is 31.5 Å². The van der Waals surface area contributed by atoms with Gasteiger partial charge in [0.2, 0.25) is 0 Å². The maximum absolute atomic E-state index is 12.2. The third-order valence-corrected chi connectivity index (χ3v) is 6.15. The molecule has 1 aromatic rings. The Balaban J connectivity index is 1.98. The number of hydrogen-bond donors (Lipinski definition) is 0. The fourth-order valence-electron chi connectivity index (χ4n) is 3.01. The molecule has 0 bridgehead atoms. The Morgan fingerprint density at radius 2 is 1.75 bits per heavy atom. The highest BCUT2D eigenvalue weighted by atomic mass is 32.2. The zero-order valence-corrected chi connectivity index (χ0v) is 16.3. The number of aryl methyl sites for hydroxylation is 1.